The molecular weight excluding hydrogens is 244 g/mol. The summed E-state index contributed by atoms with van der Waals surface area (Å²) in [6.07, 6.45) is 3.18. The van der Waals surface area contributed by atoms with Crippen LogP contribution in [0.25, 0.3) is 0 Å². The van der Waals surface area contributed by atoms with Gasteiger partial charge in [-0.05, 0) is 25.8 Å². The van der Waals surface area contributed by atoms with Crippen LogP contribution in [0, 0.1) is 5.92 Å². The number of aliphatic hydroxyl groups excluding tert-OH is 1. The van der Waals surface area contributed by atoms with Crippen LogP contribution in [0.1, 0.15) is 33.1 Å². The molecule has 1 aliphatic rings. The van der Waals surface area contributed by atoms with Crippen molar-refractivity contribution in [1.82, 2.24) is 10.2 Å². The van der Waals surface area contributed by atoms with Gasteiger partial charge in [0.15, 0.2) is 0 Å². The van der Waals surface area contributed by atoms with Gasteiger partial charge in [-0.3, -0.25) is 9.69 Å². The zero-order chi connectivity index (χ0) is 14.3. The number of nitrogens with zero attached hydrogens (tertiary/aromatic N) is 1. The van der Waals surface area contributed by atoms with E-state index in [0.717, 1.165) is 32.4 Å². The van der Waals surface area contributed by atoms with Crippen LogP contribution in [-0.2, 0) is 9.53 Å². The molecule has 0 radical (unpaired) electrons. The van der Waals surface area contributed by atoms with Gasteiger partial charge in [-0.1, -0.05) is 13.8 Å². The van der Waals surface area contributed by atoms with Crippen molar-refractivity contribution < 1.29 is 14.6 Å². The minimum atomic E-state index is -0.0997. The maximum Gasteiger partial charge on any atom is 0.246 e. The van der Waals surface area contributed by atoms with Crippen LogP contribution in [0.5, 0.6) is 0 Å². The number of ether oxygens (including phenoxy) is 1. The van der Waals surface area contributed by atoms with E-state index in [1.165, 1.54) is 7.11 Å². The van der Waals surface area contributed by atoms with Gasteiger partial charge in [0.2, 0.25) is 5.91 Å². The molecule has 1 aliphatic heterocycles. The molecule has 5 nitrogen and oxygen atoms in total. The highest BCUT2D eigenvalue weighted by atomic mass is 16.5. The quantitative estimate of drug-likeness (QED) is 0.713. The van der Waals surface area contributed by atoms with Gasteiger partial charge in [0.25, 0.3) is 0 Å². The minimum absolute atomic E-state index is 0.0296. The van der Waals surface area contributed by atoms with Crippen molar-refractivity contribution in [2.75, 3.05) is 33.4 Å². The highest BCUT2D eigenvalue weighted by Crippen LogP contribution is 2.21. The monoisotopic (exact) mass is 272 g/mol. The molecule has 0 unspecified atom stereocenters. The first kappa shape index (κ1) is 16.4. The first-order chi connectivity index (χ1) is 9.15. The van der Waals surface area contributed by atoms with Gasteiger partial charge in [0.1, 0.15) is 6.61 Å². The third-order valence-corrected chi connectivity index (χ3v) is 4.10. The van der Waals surface area contributed by atoms with Gasteiger partial charge in [0, 0.05) is 38.3 Å². The number of rotatable bonds is 7. The number of hydrogen-bond acceptors (Lipinski definition) is 4. The molecule has 0 bridgehead atoms. The standard InChI is InChI=1S/C14H28N2O3/c1-4-12(5-2)16-7-6-11(9-17)13(8-16)15-14(18)10-19-3/h11-13,17H,4-10H2,1-3H3,(H,15,18)/t11-,13-/m1/s1. The topological polar surface area (TPSA) is 61.8 Å². The fourth-order valence-corrected chi connectivity index (χ4v) is 2.92. The molecule has 112 valence electrons. The van der Waals surface area contributed by atoms with Crippen molar-refractivity contribution in [2.45, 2.75) is 45.2 Å². The SMILES string of the molecule is CCC(CC)N1CC[C@H](CO)[C@H](NC(=O)COC)C1. The molecule has 0 aliphatic carbocycles. The summed E-state index contributed by atoms with van der Waals surface area (Å²) in [6.45, 7) is 6.45. The number of carbonyl (C=O) groups excluding carboxylic acids is 1. The summed E-state index contributed by atoms with van der Waals surface area (Å²) < 4.78 is 4.84. The average molecular weight is 272 g/mol. The lowest BCUT2D eigenvalue weighted by atomic mass is 9.90. The van der Waals surface area contributed by atoms with Crippen LogP contribution in [0.3, 0.4) is 0 Å². The van der Waals surface area contributed by atoms with Gasteiger partial charge in [-0.25, -0.2) is 0 Å². The Balaban J connectivity index is 2.60. The van der Waals surface area contributed by atoms with Crippen LogP contribution in [0.15, 0.2) is 0 Å². The predicted molar refractivity (Wildman–Crippen MR) is 74.9 cm³/mol. The number of piperidine rings is 1. The van der Waals surface area contributed by atoms with E-state index in [0.29, 0.717) is 6.04 Å². The van der Waals surface area contributed by atoms with Crippen molar-refractivity contribution in [2.24, 2.45) is 5.92 Å². The van der Waals surface area contributed by atoms with Crippen molar-refractivity contribution >= 4 is 5.91 Å². The highest BCUT2D eigenvalue weighted by molar-refractivity contribution is 5.77. The number of aliphatic hydroxyl groups is 1. The average Bonchev–Trinajstić information content (AvgIpc) is 2.40. The van der Waals surface area contributed by atoms with E-state index >= 15 is 0 Å². The number of nitrogens with one attached hydrogen (secondary N) is 1. The van der Waals surface area contributed by atoms with E-state index in [1.807, 2.05) is 0 Å². The Morgan fingerprint density at radius 3 is 2.68 bits per heavy atom. The normalized spacial score (nSPS) is 24.7. The summed E-state index contributed by atoms with van der Waals surface area (Å²) in [6, 6.07) is 0.600. The van der Waals surface area contributed by atoms with Crippen molar-refractivity contribution in [3.8, 4) is 0 Å². The molecule has 1 heterocycles. The second-order valence-corrected chi connectivity index (χ2v) is 5.30. The summed E-state index contributed by atoms with van der Waals surface area (Å²) in [5.41, 5.74) is 0. The van der Waals surface area contributed by atoms with Gasteiger partial charge in [0.05, 0.1) is 0 Å². The van der Waals surface area contributed by atoms with E-state index in [9.17, 15) is 9.90 Å². The molecule has 19 heavy (non-hydrogen) atoms. The van der Waals surface area contributed by atoms with Gasteiger partial charge in [-0.15, -0.1) is 0 Å². The van der Waals surface area contributed by atoms with E-state index in [2.05, 4.69) is 24.1 Å². The number of amides is 1. The van der Waals surface area contributed by atoms with Crippen LogP contribution in [0.4, 0.5) is 0 Å². The van der Waals surface area contributed by atoms with Crippen LogP contribution < -0.4 is 5.32 Å². The van der Waals surface area contributed by atoms with Gasteiger partial charge in [-0.2, -0.15) is 0 Å². The number of carbonyl (C=O) groups is 1. The maximum atomic E-state index is 11.7. The second kappa shape index (κ2) is 8.51. The van der Waals surface area contributed by atoms with E-state index in [-0.39, 0.29) is 31.1 Å². The van der Waals surface area contributed by atoms with Crippen LogP contribution in [-0.4, -0.2) is 61.4 Å². The Hall–Kier alpha value is -0.650. The summed E-state index contributed by atoms with van der Waals surface area (Å²) in [7, 11) is 1.51. The fraction of sp³-hybridized carbons (Fsp3) is 0.929. The molecule has 1 rings (SSSR count). The zero-order valence-corrected chi connectivity index (χ0v) is 12.4. The molecule has 0 saturated carbocycles. The molecule has 2 N–H and O–H groups in total. The third kappa shape index (κ3) is 4.75. The Labute approximate surface area is 116 Å². The first-order valence-corrected chi connectivity index (χ1v) is 7.29. The lowest BCUT2D eigenvalue weighted by Gasteiger charge is -2.41. The Morgan fingerprint density at radius 2 is 2.16 bits per heavy atom. The van der Waals surface area contributed by atoms with Crippen molar-refractivity contribution in [3.63, 3.8) is 0 Å². The molecule has 0 aromatic heterocycles. The second-order valence-electron chi connectivity index (χ2n) is 5.30. The third-order valence-electron chi connectivity index (χ3n) is 4.10. The Bertz CT molecular complexity index is 269. The van der Waals surface area contributed by atoms with E-state index < -0.39 is 0 Å². The van der Waals surface area contributed by atoms with Crippen molar-refractivity contribution in [3.05, 3.63) is 0 Å². The van der Waals surface area contributed by atoms with Crippen LogP contribution in [0.2, 0.25) is 0 Å². The molecule has 1 fully saturated rings. The maximum absolute atomic E-state index is 11.7. The number of methoxy groups -OCH3 is 1. The smallest absolute Gasteiger partial charge is 0.246 e. The van der Waals surface area contributed by atoms with Crippen LogP contribution >= 0.6 is 0 Å². The highest BCUT2D eigenvalue weighted by Gasteiger charge is 2.31. The lowest BCUT2D eigenvalue weighted by molar-refractivity contribution is -0.126. The summed E-state index contributed by atoms with van der Waals surface area (Å²) in [5, 5.41) is 12.4. The molecule has 0 aromatic carbocycles. The van der Waals surface area contributed by atoms with Gasteiger partial charge >= 0.3 is 0 Å². The van der Waals surface area contributed by atoms with Gasteiger partial charge < -0.3 is 15.2 Å². The summed E-state index contributed by atoms with van der Waals surface area (Å²) in [4.78, 5) is 14.1. The summed E-state index contributed by atoms with van der Waals surface area (Å²) >= 11 is 0. The molecule has 1 amide bonds. The predicted octanol–water partition coefficient (Wildman–Crippen LogP) is 0.620. The number of likely N-dealkylation sites (tertiary alicyclic amines) is 1. The Kier molecular flexibility index (Phi) is 7.34. The molecule has 0 spiro atoms. The number of hydrogen-bond donors (Lipinski definition) is 2. The molecule has 1 saturated heterocycles. The summed E-state index contributed by atoms with van der Waals surface area (Å²) in [5.74, 6) is 0.0590. The minimum Gasteiger partial charge on any atom is -0.396 e. The molecule has 0 aromatic rings. The zero-order valence-electron chi connectivity index (χ0n) is 12.4. The van der Waals surface area contributed by atoms with Crippen molar-refractivity contribution in [1.29, 1.82) is 0 Å². The Morgan fingerprint density at radius 1 is 1.47 bits per heavy atom. The molecule has 2 atom stereocenters. The molecule has 5 heteroatoms. The molecular formula is C14H28N2O3. The van der Waals surface area contributed by atoms with E-state index in [1.54, 1.807) is 0 Å². The lowest BCUT2D eigenvalue weighted by Crippen LogP contribution is -2.56. The first-order valence-electron chi connectivity index (χ1n) is 7.29. The van der Waals surface area contributed by atoms with E-state index in [4.69, 9.17) is 4.74 Å². The largest absolute Gasteiger partial charge is 0.396 e. The fourth-order valence-electron chi connectivity index (χ4n) is 2.92.